The quantitative estimate of drug-likeness (QED) is 0.626. The van der Waals surface area contributed by atoms with Crippen LogP contribution >= 0.6 is 0 Å². The van der Waals surface area contributed by atoms with E-state index >= 15 is 0 Å². The molecular weight excluding hydrogens is 430 g/mol. The summed E-state index contributed by atoms with van der Waals surface area (Å²) in [5, 5.41) is 2.74. The summed E-state index contributed by atoms with van der Waals surface area (Å²) in [6.07, 6.45) is 9.94. The Balaban J connectivity index is 1.55. The molecule has 2 aromatic rings. The molecule has 0 unspecified atom stereocenters. The Morgan fingerprint density at radius 1 is 1.09 bits per heavy atom. The van der Waals surface area contributed by atoms with Gasteiger partial charge in [0.2, 0.25) is 0 Å². The number of likely N-dealkylation sites (N-methyl/N-ethyl adjacent to an activating group) is 1. The van der Waals surface area contributed by atoms with Crippen molar-refractivity contribution in [3.63, 3.8) is 0 Å². The molecule has 10 heteroatoms. The minimum atomic E-state index is -3.95. The van der Waals surface area contributed by atoms with Crippen molar-refractivity contribution >= 4 is 22.0 Å². The van der Waals surface area contributed by atoms with Gasteiger partial charge in [-0.15, -0.1) is 0 Å². The smallest absolute Gasteiger partial charge is 0.328 e. The van der Waals surface area contributed by atoms with Crippen LogP contribution in [-0.2, 0) is 16.4 Å². The first-order valence-electron chi connectivity index (χ1n) is 10.9. The number of sulfonamides is 1. The summed E-state index contributed by atoms with van der Waals surface area (Å²) in [5.74, 6) is -0.201. The Hall–Kier alpha value is -3.01. The molecule has 2 N–H and O–H groups in total. The van der Waals surface area contributed by atoms with Crippen molar-refractivity contribution in [1.29, 1.82) is 0 Å². The van der Waals surface area contributed by atoms with Crippen LogP contribution in [0.1, 0.15) is 55.1 Å². The molecule has 1 aliphatic carbocycles. The lowest BCUT2D eigenvalue weighted by atomic mass is 9.96. The predicted molar refractivity (Wildman–Crippen MR) is 119 cm³/mol. The molecule has 0 saturated heterocycles. The average molecular weight is 460 g/mol. The molecule has 0 bridgehead atoms. The number of nitrogens with one attached hydrogen (secondary N) is 2. The first-order valence-corrected chi connectivity index (χ1v) is 12.3. The molecule has 3 amide bonds. The van der Waals surface area contributed by atoms with Gasteiger partial charge in [0.05, 0.1) is 11.1 Å². The monoisotopic (exact) mass is 459 g/mol. The number of benzene rings is 1. The van der Waals surface area contributed by atoms with Crippen molar-refractivity contribution in [2.75, 3.05) is 13.1 Å². The molecule has 1 fully saturated rings. The number of hydrogen-bond acceptors (Lipinski definition) is 6. The number of aromatic nitrogens is 2. The van der Waals surface area contributed by atoms with Gasteiger partial charge >= 0.3 is 6.03 Å². The second-order valence-corrected chi connectivity index (χ2v) is 9.47. The fraction of sp³-hybridized carbons (Fsp3) is 0.455. The molecule has 1 aromatic heterocycles. The largest absolute Gasteiger partial charge is 0.337 e. The van der Waals surface area contributed by atoms with Crippen LogP contribution in [0.25, 0.3) is 0 Å². The molecule has 1 aromatic carbocycles. The number of rotatable bonds is 8. The Morgan fingerprint density at radius 2 is 1.81 bits per heavy atom. The number of urea groups is 1. The van der Waals surface area contributed by atoms with E-state index in [-0.39, 0.29) is 22.5 Å². The van der Waals surface area contributed by atoms with Gasteiger partial charge in [-0.3, -0.25) is 9.78 Å². The number of nitrogens with zero attached hydrogens (tertiary/aromatic N) is 3. The average Bonchev–Trinajstić information content (AvgIpc) is 2.80. The van der Waals surface area contributed by atoms with E-state index in [1.54, 1.807) is 17.0 Å². The second-order valence-electron chi connectivity index (χ2n) is 7.78. The first kappa shape index (κ1) is 23.6. The van der Waals surface area contributed by atoms with Crippen molar-refractivity contribution in [2.45, 2.75) is 56.4 Å². The molecule has 0 aliphatic heterocycles. The third-order valence-electron chi connectivity index (χ3n) is 5.52. The van der Waals surface area contributed by atoms with E-state index in [1.165, 1.54) is 30.7 Å². The first-order chi connectivity index (χ1) is 15.4. The van der Waals surface area contributed by atoms with Crippen LogP contribution in [0.5, 0.6) is 0 Å². The van der Waals surface area contributed by atoms with Crippen molar-refractivity contribution in [3.05, 3.63) is 54.1 Å². The summed E-state index contributed by atoms with van der Waals surface area (Å²) >= 11 is 0. The van der Waals surface area contributed by atoms with Crippen molar-refractivity contribution in [2.24, 2.45) is 0 Å². The van der Waals surface area contributed by atoms with E-state index in [4.69, 9.17) is 0 Å². The maximum atomic E-state index is 12.5. The molecule has 0 atom stereocenters. The predicted octanol–water partition coefficient (Wildman–Crippen LogP) is 2.50. The van der Waals surface area contributed by atoms with Crippen LogP contribution < -0.4 is 10.0 Å². The van der Waals surface area contributed by atoms with Gasteiger partial charge in [0, 0.05) is 31.5 Å². The van der Waals surface area contributed by atoms with Crippen molar-refractivity contribution in [3.8, 4) is 0 Å². The van der Waals surface area contributed by atoms with Crippen molar-refractivity contribution < 1.29 is 18.0 Å². The fourth-order valence-electron chi connectivity index (χ4n) is 3.72. The topological polar surface area (TPSA) is 121 Å². The summed E-state index contributed by atoms with van der Waals surface area (Å²) in [7, 11) is -3.95. The molecule has 1 aliphatic rings. The van der Waals surface area contributed by atoms with Crippen LogP contribution in [0, 0.1) is 0 Å². The van der Waals surface area contributed by atoms with Gasteiger partial charge < -0.3 is 10.2 Å². The molecule has 32 heavy (non-hydrogen) atoms. The van der Waals surface area contributed by atoms with E-state index in [9.17, 15) is 18.0 Å². The molecule has 9 nitrogen and oxygen atoms in total. The Bertz CT molecular complexity index is 1010. The third kappa shape index (κ3) is 6.49. The summed E-state index contributed by atoms with van der Waals surface area (Å²) < 4.78 is 27.1. The van der Waals surface area contributed by atoms with Gasteiger partial charge in [-0.2, -0.15) is 0 Å². The zero-order valence-corrected chi connectivity index (χ0v) is 19.0. The minimum absolute atomic E-state index is 0.0167. The lowest BCUT2D eigenvalue weighted by Gasteiger charge is -2.22. The van der Waals surface area contributed by atoms with Gasteiger partial charge in [-0.25, -0.2) is 22.9 Å². The number of carbonyl (C=O) groups is 2. The lowest BCUT2D eigenvalue weighted by molar-refractivity contribution is 0.0759. The highest BCUT2D eigenvalue weighted by Crippen LogP contribution is 2.17. The number of amides is 3. The second kappa shape index (κ2) is 11.0. The summed E-state index contributed by atoms with van der Waals surface area (Å²) in [5.41, 5.74) is 1.16. The fourth-order valence-corrected chi connectivity index (χ4v) is 4.63. The highest BCUT2D eigenvalue weighted by Gasteiger charge is 2.21. The molecule has 1 saturated carbocycles. The van der Waals surface area contributed by atoms with Crippen LogP contribution in [0.2, 0.25) is 0 Å². The van der Waals surface area contributed by atoms with Crippen LogP contribution in [0.3, 0.4) is 0 Å². The Kier molecular flexibility index (Phi) is 8.15. The van der Waals surface area contributed by atoms with E-state index in [0.717, 1.165) is 37.7 Å². The van der Waals surface area contributed by atoms with Crippen LogP contribution in [-0.4, -0.2) is 54.4 Å². The third-order valence-corrected chi connectivity index (χ3v) is 6.87. The van der Waals surface area contributed by atoms with E-state index in [1.807, 2.05) is 6.92 Å². The van der Waals surface area contributed by atoms with E-state index < -0.39 is 16.1 Å². The van der Waals surface area contributed by atoms with Crippen LogP contribution in [0.4, 0.5) is 4.79 Å². The van der Waals surface area contributed by atoms with Gasteiger partial charge in [0.15, 0.2) is 0 Å². The van der Waals surface area contributed by atoms with Crippen LogP contribution in [0.15, 0.2) is 47.8 Å². The normalized spacial score (nSPS) is 14.5. The van der Waals surface area contributed by atoms with Gasteiger partial charge in [0.25, 0.3) is 15.9 Å². The zero-order chi connectivity index (χ0) is 23.0. The highest BCUT2D eigenvalue weighted by atomic mass is 32.2. The Morgan fingerprint density at radius 3 is 2.44 bits per heavy atom. The summed E-state index contributed by atoms with van der Waals surface area (Å²) in [6, 6.07) is 5.63. The van der Waals surface area contributed by atoms with Gasteiger partial charge in [-0.1, -0.05) is 31.4 Å². The number of hydrogen-bond donors (Lipinski definition) is 2. The molecule has 0 radical (unpaired) electrons. The molecule has 172 valence electrons. The van der Waals surface area contributed by atoms with E-state index in [2.05, 4.69) is 20.0 Å². The molecular formula is C22H29N5O4S. The summed E-state index contributed by atoms with van der Waals surface area (Å²) in [4.78, 5) is 34.3. The van der Waals surface area contributed by atoms with E-state index in [0.29, 0.717) is 19.5 Å². The van der Waals surface area contributed by atoms with Crippen molar-refractivity contribution in [1.82, 2.24) is 24.9 Å². The zero-order valence-electron chi connectivity index (χ0n) is 18.2. The minimum Gasteiger partial charge on any atom is -0.337 e. The highest BCUT2D eigenvalue weighted by molar-refractivity contribution is 7.90. The molecule has 3 rings (SSSR count). The molecule has 0 spiro atoms. The maximum absolute atomic E-state index is 12.5. The van der Waals surface area contributed by atoms with Gasteiger partial charge in [-0.05, 0) is 43.9 Å². The SMILES string of the molecule is CCN(CCc1ccc(S(=O)(=O)NC(=O)NC2CCCCC2)cc1)C(=O)c1cnccn1. The Labute approximate surface area is 188 Å². The summed E-state index contributed by atoms with van der Waals surface area (Å²) in [6.45, 7) is 2.86. The standard InChI is InChI=1S/C22H29N5O4S/c1-2-27(21(28)20-16-23-13-14-24-20)15-12-17-8-10-19(11-9-17)32(30,31)26-22(29)25-18-6-4-3-5-7-18/h8-11,13-14,16,18H,2-7,12,15H2,1H3,(H2,25,26,29). The lowest BCUT2D eigenvalue weighted by Crippen LogP contribution is -2.45. The number of carbonyl (C=O) groups excluding carboxylic acids is 2. The van der Waals surface area contributed by atoms with Gasteiger partial charge in [0.1, 0.15) is 5.69 Å². The maximum Gasteiger partial charge on any atom is 0.328 e. The molecule has 1 heterocycles.